The molecule has 3 heterocycles. The van der Waals surface area contributed by atoms with E-state index in [-0.39, 0.29) is 0 Å². The Kier molecular flexibility index (Phi) is 8.42. The molecule has 12 aromatic rings. The van der Waals surface area contributed by atoms with Gasteiger partial charge in [-0.3, -0.25) is 0 Å². The minimum atomic E-state index is 0.572. The first-order valence-electron chi connectivity index (χ1n) is 20.8. The second-order valence-corrected chi connectivity index (χ2v) is 15.6. The van der Waals surface area contributed by atoms with Crippen LogP contribution in [0.5, 0.6) is 0 Å². The van der Waals surface area contributed by atoms with Crippen molar-refractivity contribution in [3.8, 4) is 73.2 Å². The summed E-state index contributed by atoms with van der Waals surface area (Å²) >= 11 is 0. The van der Waals surface area contributed by atoms with Crippen LogP contribution in [-0.4, -0.2) is 19.5 Å². The van der Waals surface area contributed by atoms with E-state index in [1.165, 1.54) is 21.8 Å². The molecule has 0 aliphatic rings. The molecule has 0 aliphatic heterocycles. The fourth-order valence-electron chi connectivity index (χ4n) is 8.90. The number of aromatic nitrogens is 4. The van der Waals surface area contributed by atoms with Gasteiger partial charge < -0.3 is 8.98 Å². The van der Waals surface area contributed by atoms with E-state index in [0.29, 0.717) is 17.5 Å². The molecule has 0 bridgehead atoms. The molecule has 3 aromatic heterocycles. The Labute approximate surface area is 357 Å². The van der Waals surface area contributed by atoms with Gasteiger partial charge in [-0.15, -0.1) is 0 Å². The maximum Gasteiger partial charge on any atom is 0.164 e. The van der Waals surface area contributed by atoms with Gasteiger partial charge in [0, 0.05) is 43.9 Å². The van der Waals surface area contributed by atoms with Crippen LogP contribution in [0.1, 0.15) is 0 Å². The molecule has 0 amide bonds. The van der Waals surface area contributed by atoms with Crippen LogP contribution in [0.25, 0.3) is 117 Å². The number of hydrogen-bond acceptors (Lipinski definition) is 4. The average Bonchev–Trinajstić information content (AvgIpc) is 3.90. The van der Waals surface area contributed by atoms with E-state index in [9.17, 15) is 0 Å². The van der Waals surface area contributed by atoms with Gasteiger partial charge in [-0.05, 0) is 100 Å². The summed E-state index contributed by atoms with van der Waals surface area (Å²) in [6, 6.07) is 76.3. The van der Waals surface area contributed by atoms with E-state index >= 15 is 0 Å². The number of rotatable bonds is 7. The lowest BCUT2D eigenvalue weighted by Gasteiger charge is -2.12. The molecular formula is C57H36N4O. The average molecular weight is 793 g/mol. The summed E-state index contributed by atoms with van der Waals surface area (Å²) < 4.78 is 9.03. The van der Waals surface area contributed by atoms with Gasteiger partial charge in [0.1, 0.15) is 11.2 Å². The highest BCUT2D eigenvalue weighted by Gasteiger charge is 2.19. The normalized spacial score (nSPS) is 11.5. The smallest absolute Gasteiger partial charge is 0.164 e. The molecule has 0 N–H and O–H groups in total. The van der Waals surface area contributed by atoms with Crippen molar-refractivity contribution in [3.05, 3.63) is 218 Å². The van der Waals surface area contributed by atoms with Gasteiger partial charge in [-0.1, -0.05) is 152 Å². The molecule has 12 rings (SSSR count). The van der Waals surface area contributed by atoms with Crippen molar-refractivity contribution in [2.75, 3.05) is 0 Å². The van der Waals surface area contributed by atoms with Crippen LogP contribution in [-0.2, 0) is 0 Å². The van der Waals surface area contributed by atoms with Crippen LogP contribution in [0, 0.1) is 0 Å². The van der Waals surface area contributed by atoms with Crippen molar-refractivity contribution in [3.63, 3.8) is 0 Å². The second kappa shape index (κ2) is 14.7. The van der Waals surface area contributed by atoms with Crippen molar-refractivity contribution in [1.29, 1.82) is 0 Å². The highest BCUT2D eigenvalue weighted by Crippen LogP contribution is 2.41. The molecule has 9 aromatic carbocycles. The van der Waals surface area contributed by atoms with Crippen LogP contribution in [0.2, 0.25) is 0 Å². The molecule has 0 radical (unpaired) electrons. The number of nitrogens with zero attached hydrogens (tertiary/aromatic N) is 4. The Morgan fingerprint density at radius 2 is 0.855 bits per heavy atom. The predicted octanol–water partition coefficient (Wildman–Crippen LogP) is 14.9. The maximum atomic E-state index is 6.68. The van der Waals surface area contributed by atoms with Gasteiger partial charge >= 0.3 is 0 Å². The Balaban J connectivity index is 1.00. The lowest BCUT2D eigenvalue weighted by molar-refractivity contribution is 0.669. The Hall–Kier alpha value is -8.41. The summed E-state index contributed by atoms with van der Waals surface area (Å²) in [5.74, 6) is 1.77. The molecule has 0 fully saturated rings. The lowest BCUT2D eigenvalue weighted by atomic mass is 9.96. The van der Waals surface area contributed by atoms with E-state index in [0.717, 1.165) is 77.7 Å². The Bertz CT molecular complexity index is 3560. The van der Waals surface area contributed by atoms with Gasteiger partial charge in [-0.2, -0.15) is 0 Å². The van der Waals surface area contributed by atoms with E-state index in [4.69, 9.17) is 19.4 Å². The summed E-state index contributed by atoms with van der Waals surface area (Å²) in [6.07, 6.45) is 0. The predicted molar refractivity (Wildman–Crippen MR) is 254 cm³/mol. The van der Waals surface area contributed by atoms with Crippen molar-refractivity contribution in [2.24, 2.45) is 0 Å². The van der Waals surface area contributed by atoms with Gasteiger partial charge in [-0.25, -0.2) is 15.0 Å². The molecule has 0 saturated heterocycles. The first-order chi connectivity index (χ1) is 30.7. The minimum Gasteiger partial charge on any atom is -0.456 e. The summed E-state index contributed by atoms with van der Waals surface area (Å²) in [5.41, 5.74) is 14.4. The van der Waals surface area contributed by atoms with Crippen LogP contribution in [0.3, 0.4) is 0 Å². The zero-order valence-corrected chi connectivity index (χ0v) is 33.5. The third kappa shape index (κ3) is 6.14. The highest BCUT2D eigenvalue weighted by molar-refractivity contribution is 6.15. The summed E-state index contributed by atoms with van der Waals surface area (Å²) in [5, 5.41) is 4.54. The molecule has 0 aliphatic carbocycles. The van der Waals surface area contributed by atoms with E-state index in [1.54, 1.807) is 0 Å². The zero-order valence-electron chi connectivity index (χ0n) is 33.5. The largest absolute Gasteiger partial charge is 0.456 e. The monoisotopic (exact) mass is 792 g/mol. The van der Waals surface area contributed by atoms with E-state index in [1.807, 2.05) is 42.5 Å². The third-order valence-electron chi connectivity index (χ3n) is 11.8. The van der Waals surface area contributed by atoms with E-state index in [2.05, 4.69) is 180 Å². The molecule has 0 unspecified atom stereocenters. The summed E-state index contributed by atoms with van der Waals surface area (Å²) in [4.78, 5) is 15.4. The summed E-state index contributed by atoms with van der Waals surface area (Å²) in [6.45, 7) is 0. The van der Waals surface area contributed by atoms with Crippen molar-refractivity contribution in [1.82, 2.24) is 19.5 Å². The van der Waals surface area contributed by atoms with Crippen LogP contribution in [0.15, 0.2) is 223 Å². The number of para-hydroxylation sites is 2. The van der Waals surface area contributed by atoms with Crippen LogP contribution >= 0.6 is 0 Å². The molecule has 62 heavy (non-hydrogen) atoms. The van der Waals surface area contributed by atoms with Gasteiger partial charge in [0.05, 0.1) is 11.0 Å². The molecule has 0 atom stereocenters. The SMILES string of the molecule is c1ccc(-c2cc(-c3ccccc3)cc(-c3nc(-c4ccccc4)nc(-c4ccc5c(c4)oc4cccc(-c6ccc7c(c6)c6ccccc6n7-c6ccccc6)c45)n3)c2)cc1. The standard InChI is InChI=1S/C57H36N4O/c1-5-16-37(17-6-1)42-32-43(38-18-7-2-8-19-38)34-44(33-42)57-59-55(39-20-9-3-10-21-39)58-56(60-57)41-28-30-48-53(36-41)62-52-27-15-25-46(54(48)52)40-29-31-51-49(35-40)47-24-13-14-26-50(47)61(51)45-22-11-4-12-23-45/h1-36H. The first-order valence-corrected chi connectivity index (χ1v) is 20.8. The first kappa shape index (κ1) is 35.5. The van der Waals surface area contributed by atoms with Gasteiger partial charge in [0.2, 0.25) is 0 Å². The lowest BCUT2D eigenvalue weighted by Crippen LogP contribution is -2.00. The van der Waals surface area contributed by atoms with Crippen molar-refractivity contribution >= 4 is 43.7 Å². The number of furan rings is 1. The molecule has 290 valence electrons. The fourth-order valence-corrected chi connectivity index (χ4v) is 8.90. The number of fused-ring (bicyclic) bond motifs is 6. The van der Waals surface area contributed by atoms with Crippen LogP contribution < -0.4 is 0 Å². The second-order valence-electron chi connectivity index (χ2n) is 15.6. The highest BCUT2D eigenvalue weighted by atomic mass is 16.3. The number of hydrogen-bond donors (Lipinski definition) is 0. The van der Waals surface area contributed by atoms with Crippen molar-refractivity contribution < 1.29 is 4.42 Å². The third-order valence-corrected chi connectivity index (χ3v) is 11.8. The van der Waals surface area contributed by atoms with Crippen LogP contribution in [0.4, 0.5) is 0 Å². The van der Waals surface area contributed by atoms with Gasteiger partial charge in [0.25, 0.3) is 0 Å². The quantitative estimate of drug-likeness (QED) is 0.161. The maximum absolute atomic E-state index is 6.68. The summed E-state index contributed by atoms with van der Waals surface area (Å²) in [7, 11) is 0. The minimum absolute atomic E-state index is 0.572. The molecular weight excluding hydrogens is 757 g/mol. The Morgan fingerprint density at radius 3 is 1.55 bits per heavy atom. The topological polar surface area (TPSA) is 56.7 Å². The molecule has 0 spiro atoms. The number of benzene rings is 9. The molecule has 5 nitrogen and oxygen atoms in total. The van der Waals surface area contributed by atoms with Crippen molar-refractivity contribution in [2.45, 2.75) is 0 Å². The molecule has 5 heteroatoms. The zero-order chi connectivity index (χ0) is 41.0. The van der Waals surface area contributed by atoms with E-state index < -0.39 is 0 Å². The van der Waals surface area contributed by atoms with Gasteiger partial charge in [0.15, 0.2) is 17.5 Å². The Morgan fingerprint density at radius 1 is 0.306 bits per heavy atom. The fraction of sp³-hybridized carbons (Fsp3) is 0. The molecule has 0 saturated carbocycles.